The normalized spacial score (nSPS) is 12.8. The molecule has 0 unspecified atom stereocenters. The molecule has 3 nitrogen and oxygen atoms in total. The van der Waals surface area contributed by atoms with Crippen molar-refractivity contribution in [3.63, 3.8) is 0 Å². The number of imidazole rings is 1. The van der Waals surface area contributed by atoms with Crippen LogP contribution in [0.25, 0.3) is 11.3 Å². The summed E-state index contributed by atoms with van der Waals surface area (Å²) in [5.41, 5.74) is 8.10. The molecule has 1 heterocycles. The first-order valence-electron chi connectivity index (χ1n) is 5.15. The molecule has 0 bridgehead atoms. The molecule has 0 saturated heterocycles. The summed E-state index contributed by atoms with van der Waals surface area (Å²) in [6, 6.07) is 4.83. The lowest BCUT2D eigenvalue weighted by Crippen LogP contribution is -2.06. The molecule has 0 radical (unpaired) electrons. The van der Waals surface area contributed by atoms with Crippen LogP contribution in [0.4, 0.5) is 4.39 Å². The maximum Gasteiger partial charge on any atom is 0.126 e. The first-order valence-corrected chi connectivity index (χ1v) is 5.15. The summed E-state index contributed by atoms with van der Waals surface area (Å²) < 4.78 is 13.1. The van der Waals surface area contributed by atoms with Gasteiger partial charge in [0.1, 0.15) is 11.6 Å². The number of aromatic nitrogens is 2. The topological polar surface area (TPSA) is 54.7 Å². The third-order valence-corrected chi connectivity index (χ3v) is 2.50. The van der Waals surface area contributed by atoms with Crippen molar-refractivity contribution in [2.75, 3.05) is 0 Å². The molecule has 0 aliphatic carbocycles. The van der Waals surface area contributed by atoms with Crippen LogP contribution in [-0.2, 0) is 0 Å². The fourth-order valence-electron chi connectivity index (χ4n) is 1.53. The van der Waals surface area contributed by atoms with Gasteiger partial charge in [-0.1, -0.05) is 0 Å². The van der Waals surface area contributed by atoms with Crippen molar-refractivity contribution in [2.45, 2.75) is 19.9 Å². The van der Waals surface area contributed by atoms with Crippen LogP contribution in [0.15, 0.2) is 24.4 Å². The molecule has 0 aliphatic heterocycles. The maximum absolute atomic E-state index is 13.1. The summed E-state index contributed by atoms with van der Waals surface area (Å²) >= 11 is 0. The minimum atomic E-state index is -0.198. The lowest BCUT2D eigenvalue weighted by atomic mass is 10.1. The van der Waals surface area contributed by atoms with Crippen molar-refractivity contribution >= 4 is 0 Å². The van der Waals surface area contributed by atoms with Crippen LogP contribution < -0.4 is 5.73 Å². The van der Waals surface area contributed by atoms with E-state index in [1.54, 1.807) is 25.3 Å². The van der Waals surface area contributed by atoms with Crippen molar-refractivity contribution in [1.29, 1.82) is 0 Å². The summed E-state index contributed by atoms with van der Waals surface area (Å²) in [7, 11) is 0. The number of aryl methyl sites for hydroxylation is 1. The summed E-state index contributed by atoms with van der Waals surface area (Å²) in [6.07, 6.45) is 1.71. The number of H-pyrrole nitrogens is 1. The van der Waals surface area contributed by atoms with Gasteiger partial charge >= 0.3 is 0 Å². The lowest BCUT2D eigenvalue weighted by Gasteiger charge is -2.02. The number of hydrogen-bond donors (Lipinski definition) is 2. The van der Waals surface area contributed by atoms with Gasteiger partial charge in [-0.2, -0.15) is 0 Å². The first kappa shape index (κ1) is 10.8. The Balaban J connectivity index is 2.39. The third kappa shape index (κ3) is 1.97. The summed E-state index contributed by atoms with van der Waals surface area (Å²) in [4.78, 5) is 7.29. The van der Waals surface area contributed by atoms with Crippen LogP contribution in [0.5, 0.6) is 0 Å². The monoisotopic (exact) mass is 219 g/mol. The second kappa shape index (κ2) is 4.06. The molecule has 0 fully saturated rings. The molecule has 0 amide bonds. The average Bonchev–Trinajstić information content (AvgIpc) is 2.71. The predicted molar refractivity (Wildman–Crippen MR) is 61.3 cm³/mol. The van der Waals surface area contributed by atoms with E-state index in [1.807, 2.05) is 6.92 Å². The first-order chi connectivity index (χ1) is 7.58. The Kier molecular flexibility index (Phi) is 2.75. The molecule has 0 saturated carbocycles. The summed E-state index contributed by atoms with van der Waals surface area (Å²) in [5.74, 6) is 0.535. The highest BCUT2D eigenvalue weighted by Gasteiger charge is 2.07. The highest BCUT2D eigenvalue weighted by atomic mass is 19.1. The smallest absolute Gasteiger partial charge is 0.126 e. The number of benzene rings is 1. The third-order valence-electron chi connectivity index (χ3n) is 2.50. The largest absolute Gasteiger partial charge is 0.341 e. The van der Waals surface area contributed by atoms with E-state index in [2.05, 4.69) is 9.97 Å². The van der Waals surface area contributed by atoms with Gasteiger partial charge < -0.3 is 10.7 Å². The Bertz CT molecular complexity index is 503. The Morgan fingerprint density at radius 2 is 2.19 bits per heavy atom. The SMILES string of the molecule is Cc1cc(-c2cnc([C@H](C)N)[nH]2)ccc1F. The molecule has 1 aromatic heterocycles. The predicted octanol–water partition coefficient (Wildman–Crippen LogP) is 2.54. The van der Waals surface area contributed by atoms with E-state index in [0.29, 0.717) is 5.56 Å². The summed E-state index contributed by atoms with van der Waals surface area (Å²) in [6.45, 7) is 3.60. The number of halogens is 1. The van der Waals surface area contributed by atoms with Crippen molar-refractivity contribution in [3.8, 4) is 11.3 Å². The number of nitrogens with two attached hydrogens (primary N) is 1. The molecule has 0 aliphatic rings. The van der Waals surface area contributed by atoms with Crippen molar-refractivity contribution in [1.82, 2.24) is 9.97 Å². The molecule has 2 aromatic rings. The zero-order chi connectivity index (χ0) is 11.7. The van der Waals surface area contributed by atoms with Gasteiger partial charge in [0.25, 0.3) is 0 Å². The van der Waals surface area contributed by atoms with Gasteiger partial charge in [0.05, 0.1) is 17.9 Å². The molecule has 2 rings (SSSR count). The molecule has 1 aromatic carbocycles. The van der Waals surface area contributed by atoms with Gasteiger partial charge in [0.15, 0.2) is 0 Å². The standard InChI is InChI=1S/C12H14FN3/c1-7-5-9(3-4-10(7)13)11-6-15-12(16-11)8(2)14/h3-6,8H,14H2,1-2H3,(H,15,16)/t8-/m0/s1. The second-order valence-corrected chi connectivity index (χ2v) is 3.93. The van der Waals surface area contributed by atoms with Gasteiger partial charge in [-0.25, -0.2) is 9.37 Å². The van der Waals surface area contributed by atoms with Crippen molar-refractivity contribution in [2.24, 2.45) is 5.73 Å². The molecule has 16 heavy (non-hydrogen) atoms. The Morgan fingerprint density at radius 1 is 1.44 bits per heavy atom. The van der Waals surface area contributed by atoms with Gasteiger partial charge in [0, 0.05) is 5.56 Å². The quantitative estimate of drug-likeness (QED) is 0.815. The van der Waals surface area contributed by atoms with Gasteiger partial charge in [0.2, 0.25) is 0 Å². The average molecular weight is 219 g/mol. The molecular weight excluding hydrogens is 205 g/mol. The van der Waals surface area contributed by atoms with Crippen LogP contribution in [0.1, 0.15) is 24.4 Å². The maximum atomic E-state index is 13.1. The fourth-order valence-corrected chi connectivity index (χ4v) is 1.53. The number of rotatable bonds is 2. The van der Waals surface area contributed by atoms with Gasteiger partial charge in [-0.05, 0) is 37.6 Å². The molecule has 3 N–H and O–H groups in total. The minimum Gasteiger partial charge on any atom is -0.341 e. The lowest BCUT2D eigenvalue weighted by molar-refractivity contribution is 0.619. The number of nitrogens with zero attached hydrogens (tertiary/aromatic N) is 1. The molecule has 0 spiro atoms. The molecule has 1 atom stereocenters. The Morgan fingerprint density at radius 3 is 2.75 bits per heavy atom. The highest BCUT2D eigenvalue weighted by molar-refractivity contribution is 5.59. The van der Waals surface area contributed by atoms with Crippen LogP contribution in [-0.4, -0.2) is 9.97 Å². The van der Waals surface area contributed by atoms with Crippen molar-refractivity contribution < 1.29 is 4.39 Å². The number of hydrogen-bond acceptors (Lipinski definition) is 2. The van der Waals surface area contributed by atoms with E-state index in [1.165, 1.54) is 6.07 Å². The van der Waals surface area contributed by atoms with Crippen LogP contribution in [0.2, 0.25) is 0 Å². The molecular formula is C12H14FN3. The second-order valence-electron chi connectivity index (χ2n) is 3.93. The number of nitrogens with one attached hydrogen (secondary N) is 1. The number of aromatic amines is 1. The van der Waals surface area contributed by atoms with E-state index in [4.69, 9.17) is 5.73 Å². The Labute approximate surface area is 93.5 Å². The highest BCUT2D eigenvalue weighted by Crippen LogP contribution is 2.21. The van der Waals surface area contributed by atoms with E-state index < -0.39 is 0 Å². The Hall–Kier alpha value is -1.68. The zero-order valence-corrected chi connectivity index (χ0v) is 9.29. The molecule has 4 heteroatoms. The van der Waals surface area contributed by atoms with E-state index >= 15 is 0 Å². The molecule has 84 valence electrons. The van der Waals surface area contributed by atoms with Gasteiger partial charge in [-0.15, -0.1) is 0 Å². The van der Waals surface area contributed by atoms with E-state index in [-0.39, 0.29) is 11.9 Å². The minimum absolute atomic E-state index is 0.129. The summed E-state index contributed by atoms with van der Waals surface area (Å²) in [5, 5.41) is 0. The van der Waals surface area contributed by atoms with E-state index in [9.17, 15) is 4.39 Å². The van der Waals surface area contributed by atoms with Crippen LogP contribution in [0.3, 0.4) is 0 Å². The van der Waals surface area contributed by atoms with Crippen LogP contribution >= 0.6 is 0 Å². The van der Waals surface area contributed by atoms with Crippen molar-refractivity contribution in [3.05, 3.63) is 41.6 Å². The fraction of sp³-hybridized carbons (Fsp3) is 0.250. The van der Waals surface area contributed by atoms with Gasteiger partial charge in [-0.3, -0.25) is 0 Å². The zero-order valence-electron chi connectivity index (χ0n) is 9.29. The van der Waals surface area contributed by atoms with Crippen LogP contribution in [0, 0.1) is 12.7 Å². The van der Waals surface area contributed by atoms with E-state index in [0.717, 1.165) is 17.1 Å².